The highest BCUT2D eigenvalue weighted by Crippen LogP contribution is 2.38. The molecule has 3 amide bonds. The predicted molar refractivity (Wildman–Crippen MR) is 76.4 cm³/mol. The summed E-state index contributed by atoms with van der Waals surface area (Å²) in [4.78, 5) is 25.3. The van der Waals surface area contributed by atoms with Crippen LogP contribution in [0.15, 0.2) is 24.3 Å². The number of anilines is 1. The van der Waals surface area contributed by atoms with Gasteiger partial charge in [-0.25, -0.2) is 4.79 Å². The minimum absolute atomic E-state index is 0.0486. The van der Waals surface area contributed by atoms with Crippen molar-refractivity contribution in [2.75, 3.05) is 18.4 Å². The molecule has 1 saturated carbocycles. The van der Waals surface area contributed by atoms with E-state index in [2.05, 4.69) is 5.32 Å². The van der Waals surface area contributed by atoms with Gasteiger partial charge in [-0.2, -0.15) is 0 Å². The van der Waals surface area contributed by atoms with Gasteiger partial charge in [0.05, 0.1) is 0 Å². The molecule has 1 aromatic rings. The molecule has 106 valence electrons. The Balaban J connectivity index is 1.72. The number of likely N-dealkylation sites (tertiary alicyclic amines) is 1. The number of nitrogens with two attached hydrogens (primary N) is 1. The molecule has 1 aliphatic carbocycles. The first kappa shape index (κ1) is 13.0. The summed E-state index contributed by atoms with van der Waals surface area (Å²) in [7, 11) is 0. The molecule has 3 rings (SSSR count). The van der Waals surface area contributed by atoms with Gasteiger partial charge >= 0.3 is 6.03 Å². The van der Waals surface area contributed by atoms with E-state index in [9.17, 15) is 9.59 Å². The lowest BCUT2D eigenvalue weighted by molar-refractivity contribution is 0.0780. The average molecular weight is 273 g/mol. The third-order valence-corrected chi connectivity index (χ3v) is 4.39. The molecule has 2 fully saturated rings. The van der Waals surface area contributed by atoms with Gasteiger partial charge in [0.2, 0.25) is 0 Å². The maximum atomic E-state index is 12.5. The van der Waals surface area contributed by atoms with E-state index >= 15 is 0 Å². The smallest absolute Gasteiger partial charge is 0.316 e. The van der Waals surface area contributed by atoms with Crippen molar-refractivity contribution >= 4 is 17.6 Å². The molecule has 5 heteroatoms. The number of amides is 3. The highest BCUT2D eigenvalue weighted by molar-refractivity contribution is 5.96. The molecule has 0 radical (unpaired) electrons. The molecule has 5 nitrogen and oxygen atoms in total. The first-order chi connectivity index (χ1) is 9.63. The number of nitrogens with zero attached hydrogens (tertiary/aromatic N) is 1. The van der Waals surface area contributed by atoms with Gasteiger partial charge < -0.3 is 16.0 Å². The fourth-order valence-corrected chi connectivity index (χ4v) is 3.46. The van der Waals surface area contributed by atoms with Crippen molar-refractivity contribution in [1.29, 1.82) is 0 Å². The average Bonchev–Trinajstić information content (AvgIpc) is 2.98. The van der Waals surface area contributed by atoms with Gasteiger partial charge in [0.15, 0.2) is 0 Å². The number of carbonyl (C=O) groups is 2. The Kier molecular flexibility index (Phi) is 3.34. The van der Waals surface area contributed by atoms with Gasteiger partial charge in [0.25, 0.3) is 5.91 Å². The summed E-state index contributed by atoms with van der Waals surface area (Å²) in [6, 6.07) is 6.32. The number of rotatable bonds is 2. The number of carbonyl (C=O) groups excluding carboxylic acids is 2. The molecule has 1 saturated heterocycles. The predicted octanol–water partition coefficient (Wildman–Crippen LogP) is 2.05. The fourth-order valence-electron chi connectivity index (χ4n) is 3.46. The maximum Gasteiger partial charge on any atom is 0.316 e. The van der Waals surface area contributed by atoms with Gasteiger partial charge in [-0.3, -0.25) is 4.79 Å². The van der Waals surface area contributed by atoms with Crippen molar-refractivity contribution < 1.29 is 9.59 Å². The SMILES string of the molecule is NC(=O)Nc1cccc(C(=O)N2CC3CCCC3C2)c1. The molecule has 1 aromatic carbocycles. The van der Waals surface area contributed by atoms with Gasteiger partial charge in [-0.1, -0.05) is 12.5 Å². The monoisotopic (exact) mass is 273 g/mol. The lowest BCUT2D eigenvalue weighted by atomic mass is 10.0. The largest absolute Gasteiger partial charge is 0.351 e. The number of hydrogen-bond acceptors (Lipinski definition) is 2. The highest BCUT2D eigenvalue weighted by Gasteiger charge is 2.38. The molecule has 0 spiro atoms. The van der Waals surface area contributed by atoms with E-state index in [1.165, 1.54) is 19.3 Å². The van der Waals surface area contributed by atoms with E-state index in [0.717, 1.165) is 13.1 Å². The standard InChI is InChI=1S/C15H19N3O2/c16-15(20)17-13-6-2-3-10(7-13)14(19)18-8-11-4-1-5-12(11)9-18/h2-3,6-7,11-12H,1,4-5,8-9H2,(H3,16,17,20). The lowest BCUT2D eigenvalue weighted by Crippen LogP contribution is -2.29. The molecule has 20 heavy (non-hydrogen) atoms. The molecule has 1 aliphatic heterocycles. The second kappa shape index (κ2) is 5.15. The maximum absolute atomic E-state index is 12.5. The Bertz CT molecular complexity index is 532. The molecule has 3 N–H and O–H groups in total. The Hall–Kier alpha value is -2.04. The van der Waals surface area contributed by atoms with Crippen LogP contribution in [0, 0.1) is 11.8 Å². The molecule has 0 aromatic heterocycles. The van der Waals surface area contributed by atoms with E-state index in [0.29, 0.717) is 23.1 Å². The zero-order valence-electron chi connectivity index (χ0n) is 11.3. The third kappa shape index (κ3) is 2.48. The minimum atomic E-state index is -0.620. The fraction of sp³-hybridized carbons (Fsp3) is 0.467. The Morgan fingerprint density at radius 2 is 1.90 bits per heavy atom. The molecule has 2 unspecified atom stereocenters. The number of fused-ring (bicyclic) bond motifs is 1. The van der Waals surface area contributed by atoms with Crippen LogP contribution < -0.4 is 11.1 Å². The first-order valence-corrected chi connectivity index (χ1v) is 7.09. The quantitative estimate of drug-likeness (QED) is 0.865. The van der Waals surface area contributed by atoms with E-state index < -0.39 is 6.03 Å². The van der Waals surface area contributed by atoms with E-state index in [-0.39, 0.29) is 5.91 Å². The van der Waals surface area contributed by atoms with Crippen molar-refractivity contribution in [3.05, 3.63) is 29.8 Å². The second-order valence-electron chi connectivity index (χ2n) is 5.73. The summed E-state index contributed by atoms with van der Waals surface area (Å²) in [5, 5.41) is 2.50. The van der Waals surface area contributed by atoms with Crippen LogP contribution in [0.2, 0.25) is 0 Å². The molecular formula is C15H19N3O2. The number of urea groups is 1. The zero-order chi connectivity index (χ0) is 14.1. The molecule has 0 bridgehead atoms. The highest BCUT2D eigenvalue weighted by atomic mass is 16.2. The van der Waals surface area contributed by atoms with Crippen LogP contribution in [-0.2, 0) is 0 Å². The van der Waals surface area contributed by atoms with Crippen LogP contribution in [0.4, 0.5) is 10.5 Å². The summed E-state index contributed by atoms with van der Waals surface area (Å²) in [6.45, 7) is 1.74. The molecular weight excluding hydrogens is 254 g/mol. The Morgan fingerprint density at radius 3 is 2.55 bits per heavy atom. The van der Waals surface area contributed by atoms with Gasteiger partial charge in [-0.05, 0) is 42.9 Å². The molecule has 1 heterocycles. The summed E-state index contributed by atoms with van der Waals surface area (Å²) >= 11 is 0. The lowest BCUT2D eigenvalue weighted by Gasteiger charge is -2.17. The number of nitrogens with one attached hydrogen (secondary N) is 1. The van der Waals surface area contributed by atoms with Crippen molar-refractivity contribution in [3.8, 4) is 0 Å². The van der Waals surface area contributed by atoms with Crippen LogP contribution >= 0.6 is 0 Å². The van der Waals surface area contributed by atoms with Crippen molar-refractivity contribution in [2.45, 2.75) is 19.3 Å². The summed E-state index contributed by atoms with van der Waals surface area (Å²) in [5.74, 6) is 1.42. The van der Waals surface area contributed by atoms with E-state index in [1.807, 2.05) is 4.90 Å². The summed E-state index contributed by atoms with van der Waals surface area (Å²) in [6.07, 6.45) is 3.80. The first-order valence-electron chi connectivity index (χ1n) is 7.09. The zero-order valence-corrected chi connectivity index (χ0v) is 11.3. The number of primary amides is 1. The minimum Gasteiger partial charge on any atom is -0.351 e. The van der Waals surface area contributed by atoms with Crippen LogP contribution in [0.3, 0.4) is 0 Å². The third-order valence-electron chi connectivity index (χ3n) is 4.39. The Labute approximate surface area is 118 Å². The van der Waals surface area contributed by atoms with Crippen LogP contribution in [0.1, 0.15) is 29.6 Å². The van der Waals surface area contributed by atoms with E-state index in [4.69, 9.17) is 5.73 Å². The summed E-state index contributed by atoms with van der Waals surface area (Å²) in [5.41, 5.74) is 6.26. The summed E-state index contributed by atoms with van der Waals surface area (Å²) < 4.78 is 0. The topological polar surface area (TPSA) is 75.4 Å². The van der Waals surface area contributed by atoms with Crippen molar-refractivity contribution in [1.82, 2.24) is 4.90 Å². The van der Waals surface area contributed by atoms with Crippen LogP contribution in [0.25, 0.3) is 0 Å². The second-order valence-corrected chi connectivity index (χ2v) is 5.73. The van der Waals surface area contributed by atoms with E-state index in [1.54, 1.807) is 24.3 Å². The van der Waals surface area contributed by atoms with Crippen molar-refractivity contribution in [3.63, 3.8) is 0 Å². The Morgan fingerprint density at radius 1 is 1.20 bits per heavy atom. The molecule has 2 aliphatic rings. The van der Waals surface area contributed by atoms with Crippen LogP contribution in [0.5, 0.6) is 0 Å². The molecule has 2 atom stereocenters. The van der Waals surface area contributed by atoms with Gasteiger partial charge in [0.1, 0.15) is 0 Å². The number of benzene rings is 1. The van der Waals surface area contributed by atoms with Crippen molar-refractivity contribution in [2.24, 2.45) is 17.6 Å². The van der Waals surface area contributed by atoms with Gasteiger partial charge in [-0.15, -0.1) is 0 Å². The normalized spacial score (nSPS) is 24.5. The number of hydrogen-bond donors (Lipinski definition) is 2. The van der Waals surface area contributed by atoms with Crippen LogP contribution in [-0.4, -0.2) is 29.9 Å². The van der Waals surface area contributed by atoms with Gasteiger partial charge in [0, 0.05) is 24.3 Å².